The van der Waals surface area contributed by atoms with Crippen LogP contribution in [-0.2, 0) is 11.2 Å². The number of carbonyl (C=O) groups is 1. The van der Waals surface area contributed by atoms with Gasteiger partial charge >= 0.3 is 0 Å². The summed E-state index contributed by atoms with van der Waals surface area (Å²) in [7, 11) is 3.68. The van der Waals surface area contributed by atoms with Crippen LogP contribution in [0.5, 0.6) is 5.75 Å². The molecule has 1 fully saturated rings. The van der Waals surface area contributed by atoms with Gasteiger partial charge in [0, 0.05) is 43.9 Å². The van der Waals surface area contributed by atoms with Crippen LogP contribution >= 0.6 is 11.6 Å². The summed E-state index contributed by atoms with van der Waals surface area (Å²) in [5.41, 5.74) is 4.34. The first-order chi connectivity index (χ1) is 14.6. The zero-order valence-electron chi connectivity index (χ0n) is 17.5. The predicted molar refractivity (Wildman–Crippen MR) is 119 cm³/mol. The molecule has 1 saturated heterocycles. The van der Waals surface area contributed by atoms with Crippen molar-refractivity contribution in [3.8, 4) is 5.75 Å². The molecular weight excluding hydrogens is 402 g/mol. The van der Waals surface area contributed by atoms with Gasteiger partial charge < -0.3 is 19.7 Å². The first-order valence-corrected chi connectivity index (χ1v) is 10.7. The number of hydrogen-bond acceptors (Lipinski definition) is 5. The van der Waals surface area contributed by atoms with Crippen molar-refractivity contribution in [3.05, 3.63) is 58.1 Å². The molecule has 30 heavy (non-hydrogen) atoms. The minimum Gasteiger partial charge on any atom is -0.496 e. The largest absolute Gasteiger partial charge is 0.496 e. The van der Waals surface area contributed by atoms with E-state index in [1.54, 1.807) is 25.3 Å². The van der Waals surface area contributed by atoms with E-state index in [0.29, 0.717) is 36.1 Å². The fourth-order valence-corrected chi connectivity index (χ4v) is 4.46. The van der Waals surface area contributed by atoms with Gasteiger partial charge in [-0.15, -0.1) is 0 Å². The molecule has 2 aliphatic heterocycles. The average molecular weight is 430 g/mol. The second-order valence-electron chi connectivity index (χ2n) is 7.78. The molecule has 160 valence electrons. The van der Waals surface area contributed by atoms with Crippen LogP contribution in [0.1, 0.15) is 27.5 Å². The van der Waals surface area contributed by atoms with E-state index in [1.165, 1.54) is 16.8 Å². The predicted octanol–water partition coefficient (Wildman–Crippen LogP) is 3.14. The third kappa shape index (κ3) is 4.41. The van der Waals surface area contributed by atoms with Gasteiger partial charge in [-0.3, -0.25) is 9.69 Å². The van der Waals surface area contributed by atoms with E-state index >= 15 is 0 Å². The summed E-state index contributed by atoms with van der Waals surface area (Å²) in [6.45, 7) is 4.66. The topological polar surface area (TPSA) is 54.0 Å². The van der Waals surface area contributed by atoms with Crippen molar-refractivity contribution < 1.29 is 14.3 Å². The third-order valence-electron chi connectivity index (χ3n) is 5.96. The zero-order chi connectivity index (χ0) is 21.1. The van der Waals surface area contributed by atoms with E-state index in [4.69, 9.17) is 21.1 Å². The van der Waals surface area contributed by atoms with Crippen molar-refractivity contribution in [1.29, 1.82) is 0 Å². The number of anilines is 1. The lowest BCUT2D eigenvalue weighted by Crippen LogP contribution is -2.43. The van der Waals surface area contributed by atoms with Gasteiger partial charge in [-0.2, -0.15) is 0 Å². The van der Waals surface area contributed by atoms with Crippen molar-refractivity contribution in [3.63, 3.8) is 0 Å². The highest BCUT2D eigenvalue weighted by Gasteiger charge is 2.26. The first kappa shape index (κ1) is 21.0. The molecule has 2 heterocycles. The fourth-order valence-electron chi connectivity index (χ4n) is 4.28. The first-order valence-electron chi connectivity index (χ1n) is 10.3. The smallest absolute Gasteiger partial charge is 0.255 e. The number of halogens is 1. The standard InChI is InChI=1S/C23H28ClN3O3/c1-26-8-7-17-13-16(3-5-20(17)26)21(27-9-11-30-12-10-27)15-25-23(28)19-14-18(24)4-6-22(19)29-2/h3-6,13-14,21H,7-12,15H2,1-2H3,(H,25,28). The van der Waals surface area contributed by atoms with Crippen LogP contribution in [0.25, 0.3) is 0 Å². The highest BCUT2D eigenvalue weighted by atomic mass is 35.5. The molecule has 4 rings (SSSR count). The fraction of sp³-hybridized carbons (Fsp3) is 0.435. The molecule has 1 unspecified atom stereocenters. The molecule has 0 spiro atoms. The van der Waals surface area contributed by atoms with Gasteiger partial charge in [0.05, 0.1) is 31.9 Å². The quantitative estimate of drug-likeness (QED) is 0.764. The highest BCUT2D eigenvalue weighted by Crippen LogP contribution is 2.31. The van der Waals surface area contributed by atoms with Crippen molar-refractivity contribution in [2.24, 2.45) is 0 Å². The van der Waals surface area contributed by atoms with Crippen LogP contribution in [0.3, 0.4) is 0 Å². The molecule has 7 heteroatoms. The monoisotopic (exact) mass is 429 g/mol. The molecule has 6 nitrogen and oxygen atoms in total. The van der Waals surface area contributed by atoms with Crippen LogP contribution in [0.4, 0.5) is 5.69 Å². The molecule has 1 N–H and O–H groups in total. The summed E-state index contributed by atoms with van der Waals surface area (Å²) in [5.74, 6) is 0.328. The van der Waals surface area contributed by atoms with E-state index in [0.717, 1.165) is 26.1 Å². The van der Waals surface area contributed by atoms with Gasteiger partial charge in [0.15, 0.2) is 0 Å². The number of ether oxygens (including phenoxy) is 2. The number of carbonyl (C=O) groups excluding carboxylic acids is 1. The van der Waals surface area contributed by atoms with Gasteiger partial charge in [0.25, 0.3) is 5.91 Å². The molecule has 2 aromatic carbocycles. The van der Waals surface area contributed by atoms with Crippen LogP contribution in [0.15, 0.2) is 36.4 Å². The minimum absolute atomic E-state index is 0.0826. The number of nitrogens with zero attached hydrogens (tertiary/aromatic N) is 2. The van der Waals surface area contributed by atoms with E-state index in [-0.39, 0.29) is 11.9 Å². The number of nitrogens with one attached hydrogen (secondary N) is 1. The lowest BCUT2D eigenvalue weighted by Gasteiger charge is -2.35. The number of benzene rings is 2. The number of fused-ring (bicyclic) bond motifs is 1. The van der Waals surface area contributed by atoms with Crippen molar-refractivity contribution in [2.75, 3.05) is 58.5 Å². The van der Waals surface area contributed by atoms with Crippen molar-refractivity contribution >= 4 is 23.2 Å². The van der Waals surface area contributed by atoms with Crippen LogP contribution in [0.2, 0.25) is 5.02 Å². The number of hydrogen-bond donors (Lipinski definition) is 1. The molecule has 0 saturated carbocycles. The third-order valence-corrected chi connectivity index (χ3v) is 6.20. The van der Waals surface area contributed by atoms with E-state index in [1.807, 2.05) is 0 Å². The Bertz CT molecular complexity index is 915. The lowest BCUT2D eigenvalue weighted by atomic mass is 10.00. The van der Waals surface area contributed by atoms with Crippen LogP contribution in [0, 0.1) is 0 Å². The molecule has 2 aliphatic rings. The van der Waals surface area contributed by atoms with E-state index < -0.39 is 0 Å². The molecule has 0 bridgehead atoms. The van der Waals surface area contributed by atoms with Crippen molar-refractivity contribution in [2.45, 2.75) is 12.5 Å². The Labute approximate surface area is 182 Å². The van der Waals surface area contributed by atoms with Crippen LogP contribution in [-0.4, -0.2) is 64.4 Å². The Morgan fingerprint density at radius 3 is 2.77 bits per heavy atom. The molecule has 2 aromatic rings. The Hall–Kier alpha value is -2.28. The number of likely N-dealkylation sites (N-methyl/N-ethyl adjacent to an activating group) is 1. The molecule has 0 aromatic heterocycles. The SMILES string of the molecule is COc1ccc(Cl)cc1C(=O)NCC(c1ccc2c(c1)CCN2C)N1CCOCC1. The lowest BCUT2D eigenvalue weighted by molar-refractivity contribution is 0.0162. The van der Waals surface area contributed by atoms with Gasteiger partial charge in [-0.05, 0) is 41.8 Å². The summed E-state index contributed by atoms with van der Waals surface area (Å²) < 4.78 is 10.9. The molecule has 0 aliphatic carbocycles. The maximum absolute atomic E-state index is 12.9. The summed E-state index contributed by atoms with van der Waals surface area (Å²) in [5, 5.41) is 3.61. The van der Waals surface area contributed by atoms with E-state index in [9.17, 15) is 4.79 Å². The summed E-state index contributed by atoms with van der Waals surface area (Å²) >= 11 is 6.10. The number of morpholine rings is 1. The summed E-state index contributed by atoms with van der Waals surface area (Å²) in [6.07, 6.45) is 1.06. The summed E-state index contributed by atoms with van der Waals surface area (Å²) in [6, 6.07) is 11.8. The van der Waals surface area contributed by atoms with Gasteiger partial charge in [-0.1, -0.05) is 23.7 Å². The second-order valence-corrected chi connectivity index (χ2v) is 8.21. The minimum atomic E-state index is -0.187. The Kier molecular flexibility index (Phi) is 6.46. The van der Waals surface area contributed by atoms with Gasteiger partial charge in [0.2, 0.25) is 0 Å². The van der Waals surface area contributed by atoms with Gasteiger partial charge in [0.1, 0.15) is 5.75 Å². The Morgan fingerprint density at radius 1 is 1.20 bits per heavy atom. The number of rotatable bonds is 6. The molecule has 0 radical (unpaired) electrons. The highest BCUT2D eigenvalue weighted by molar-refractivity contribution is 6.31. The molecular formula is C23H28ClN3O3. The Morgan fingerprint density at radius 2 is 2.00 bits per heavy atom. The van der Waals surface area contributed by atoms with Crippen LogP contribution < -0.4 is 15.0 Å². The number of amides is 1. The molecule has 1 amide bonds. The van der Waals surface area contributed by atoms with Crippen molar-refractivity contribution in [1.82, 2.24) is 10.2 Å². The van der Waals surface area contributed by atoms with E-state index in [2.05, 4.69) is 40.4 Å². The average Bonchev–Trinajstić information content (AvgIpc) is 3.14. The maximum atomic E-state index is 12.9. The normalized spacial score (nSPS) is 17.5. The Balaban J connectivity index is 1.55. The number of methoxy groups -OCH3 is 1. The maximum Gasteiger partial charge on any atom is 0.255 e. The second kappa shape index (κ2) is 9.25. The van der Waals surface area contributed by atoms with Gasteiger partial charge in [-0.25, -0.2) is 0 Å². The zero-order valence-corrected chi connectivity index (χ0v) is 18.2. The molecule has 1 atom stereocenters. The summed E-state index contributed by atoms with van der Waals surface area (Å²) in [4.78, 5) is 17.6.